The highest BCUT2D eigenvalue weighted by atomic mass is 16.4. The molecule has 2 amide bonds. The third-order valence-electron chi connectivity index (χ3n) is 5.10. The molecule has 1 N–H and O–H groups in total. The molecular weight excluding hydrogens is 362 g/mol. The minimum Gasteiger partial charge on any atom is -0.467 e. The molecule has 0 unspecified atom stereocenters. The average molecular weight is 383 g/mol. The van der Waals surface area contributed by atoms with Crippen LogP contribution < -0.4 is 11.1 Å². The van der Waals surface area contributed by atoms with E-state index in [-0.39, 0.29) is 24.3 Å². The molecule has 1 aromatic carbocycles. The molecule has 0 saturated carbocycles. The molecule has 1 saturated heterocycles. The van der Waals surface area contributed by atoms with Crippen LogP contribution in [-0.2, 0) is 22.7 Å². The van der Waals surface area contributed by atoms with Gasteiger partial charge >= 0.3 is 5.76 Å². The smallest absolute Gasteiger partial charge is 0.420 e. The number of hydrogen-bond donors (Lipinski definition) is 1. The number of piperidine rings is 1. The van der Waals surface area contributed by atoms with E-state index >= 15 is 0 Å². The fourth-order valence-electron chi connectivity index (χ4n) is 3.52. The summed E-state index contributed by atoms with van der Waals surface area (Å²) in [5.41, 5.74) is 1.07. The van der Waals surface area contributed by atoms with Crippen LogP contribution in [0.2, 0.25) is 0 Å². The Morgan fingerprint density at radius 3 is 2.64 bits per heavy atom. The van der Waals surface area contributed by atoms with Gasteiger partial charge in [-0.3, -0.25) is 14.2 Å². The van der Waals surface area contributed by atoms with E-state index in [0.717, 1.165) is 0 Å². The lowest BCUT2D eigenvalue weighted by atomic mass is 9.96. The molecular formula is C20H21N3O5. The summed E-state index contributed by atoms with van der Waals surface area (Å²) < 4.78 is 11.7. The number of carbonyl (C=O) groups excluding carboxylic acids is 2. The molecule has 0 aliphatic carbocycles. The summed E-state index contributed by atoms with van der Waals surface area (Å²) in [6.45, 7) is 1.27. The Bertz CT molecular complexity index is 1030. The van der Waals surface area contributed by atoms with E-state index in [1.807, 2.05) is 6.07 Å². The maximum Gasteiger partial charge on any atom is 0.420 e. The second kappa shape index (κ2) is 7.75. The van der Waals surface area contributed by atoms with Crippen LogP contribution in [0.4, 0.5) is 0 Å². The van der Waals surface area contributed by atoms with Crippen LogP contribution in [0.1, 0.15) is 18.6 Å². The van der Waals surface area contributed by atoms with Gasteiger partial charge in [-0.25, -0.2) is 4.79 Å². The van der Waals surface area contributed by atoms with E-state index in [1.54, 1.807) is 41.5 Å². The first-order valence-corrected chi connectivity index (χ1v) is 9.28. The molecule has 146 valence electrons. The average Bonchev–Trinajstić information content (AvgIpc) is 3.34. The van der Waals surface area contributed by atoms with E-state index < -0.39 is 5.76 Å². The zero-order valence-electron chi connectivity index (χ0n) is 15.3. The van der Waals surface area contributed by atoms with Crippen molar-refractivity contribution in [2.24, 2.45) is 5.92 Å². The predicted octanol–water partition coefficient (Wildman–Crippen LogP) is 1.74. The van der Waals surface area contributed by atoms with Gasteiger partial charge in [-0.2, -0.15) is 0 Å². The van der Waals surface area contributed by atoms with E-state index in [1.165, 1.54) is 4.57 Å². The number of carbonyl (C=O) groups is 2. The van der Waals surface area contributed by atoms with Gasteiger partial charge in [0.1, 0.15) is 12.3 Å². The molecule has 3 heterocycles. The van der Waals surface area contributed by atoms with Gasteiger partial charge in [0, 0.05) is 19.0 Å². The summed E-state index contributed by atoms with van der Waals surface area (Å²) in [7, 11) is 0. The number of benzene rings is 1. The number of nitrogens with zero attached hydrogens (tertiary/aromatic N) is 2. The van der Waals surface area contributed by atoms with Crippen molar-refractivity contribution in [3.8, 4) is 0 Å². The lowest BCUT2D eigenvalue weighted by Crippen LogP contribution is -2.44. The van der Waals surface area contributed by atoms with Crippen LogP contribution >= 0.6 is 0 Å². The van der Waals surface area contributed by atoms with E-state index in [2.05, 4.69) is 5.32 Å². The van der Waals surface area contributed by atoms with Gasteiger partial charge < -0.3 is 19.1 Å². The summed E-state index contributed by atoms with van der Waals surface area (Å²) >= 11 is 0. The van der Waals surface area contributed by atoms with Crippen molar-refractivity contribution in [1.29, 1.82) is 0 Å². The van der Waals surface area contributed by atoms with Crippen molar-refractivity contribution in [2.75, 3.05) is 13.1 Å². The Morgan fingerprint density at radius 2 is 1.89 bits per heavy atom. The summed E-state index contributed by atoms with van der Waals surface area (Å²) in [6.07, 6.45) is 2.76. The second-order valence-electron chi connectivity index (χ2n) is 6.87. The van der Waals surface area contributed by atoms with Gasteiger partial charge in [0.05, 0.1) is 18.3 Å². The highest BCUT2D eigenvalue weighted by Gasteiger charge is 2.28. The van der Waals surface area contributed by atoms with Crippen LogP contribution in [-0.4, -0.2) is 34.4 Å². The quantitative estimate of drug-likeness (QED) is 0.724. The van der Waals surface area contributed by atoms with Crippen molar-refractivity contribution in [2.45, 2.75) is 25.9 Å². The normalized spacial score (nSPS) is 15.1. The number of likely N-dealkylation sites (tertiary alicyclic amines) is 1. The Hall–Kier alpha value is -3.29. The van der Waals surface area contributed by atoms with E-state index in [0.29, 0.717) is 49.3 Å². The molecule has 8 heteroatoms. The summed E-state index contributed by atoms with van der Waals surface area (Å²) in [6, 6.07) is 10.6. The zero-order valence-corrected chi connectivity index (χ0v) is 15.3. The third-order valence-corrected chi connectivity index (χ3v) is 5.10. The molecule has 2 aromatic heterocycles. The maximum atomic E-state index is 12.6. The van der Waals surface area contributed by atoms with Crippen molar-refractivity contribution in [1.82, 2.24) is 14.8 Å². The third kappa shape index (κ3) is 3.71. The van der Waals surface area contributed by atoms with Crippen molar-refractivity contribution < 1.29 is 18.4 Å². The van der Waals surface area contributed by atoms with Crippen LogP contribution in [0.15, 0.2) is 56.3 Å². The topological polar surface area (TPSA) is 97.7 Å². The van der Waals surface area contributed by atoms with Crippen LogP contribution in [0.3, 0.4) is 0 Å². The van der Waals surface area contributed by atoms with Gasteiger partial charge in [-0.15, -0.1) is 0 Å². The molecule has 1 aliphatic rings. The molecule has 0 spiro atoms. The van der Waals surface area contributed by atoms with Crippen LogP contribution in [0.5, 0.6) is 0 Å². The summed E-state index contributed by atoms with van der Waals surface area (Å²) in [4.78, 5) is 38.7. The number of para-hydroxylation sites is 2. The van der Waals surface area contributed by atoms with Gasteiger partial charge in [0.2, 0.25) is 11.8 Å². The standard InChI is InChI=1S/C20H21N3O5/c24-18(13-23-16-5-1-2-6-17(16)28-20(23)26)22-9-7-14(8-10-22)19(25)21-12-15-4-3-11-27-15/h1-6,11,14H,7-10,12-13H2,(H,21,25). The van der Waals surface area contributed by atoms with Crippen molar-refractivity contribution in [3.63, 3.8) is 0 Å². The number of furan rings is 1. The summed E-state index contributed by atoms with van der Waals surface area (Å²) in [5, 5.41) is 2.87. The number of oxazole rings is 1. The Labute approximate surface area is 160 Å². The van der Waals surface area contributed by atoms with Gasteiger partial charge in [0.15, 0.2) is 5.58 Å². The predicted molar refractivity (Wildman–Crippen MR) is 100 cm³/mol. The molecule has 0 atom stereocenters. The Morgan fingerprint density at radius 1 is 1.11 bits per heavy atom. The largest absolute Gasteiger partial charge is 0.467 e. The maximum absolute atomic E-state index is 12.6. The molecule has 0 radical (unpaired) electrons. The van der Waals surface area contributed by atoms with Crippen molar-refractivity contribution >= 4 is 22.9 Å². The molecule has 3 aromatic rings. The molecule has 1 aliphatic heterocycles. The molecule has 8 nitrogen and oxygen atoms in total. The second-order valence-corrected chi connectivity index (χ2v) is 6.87. The number of fused-ring (bicyclic) bond motifs is 1. The first-order valence-electron chi connectivity index (χ1n) is 9.28. The molecule has 4 rings (SSSR count). The molecule has 28 heavy (non-hydrogen) atoms. The number of nitrogens with one attached hydrogen (secondary N) is 1. The highest BCUT2D eigenvalue weighted by Crippen LogP contribution is 2.19. The van der Waals surface area contributed by atoms with Gasteiger partial charge in [0.25, 0.3) is 0 Å². The van der Waals surface area contributed by atoms with Crippen LogP contribution in [0, 0.1) is 5.92 Å². The molecule has 0 bridgehead atoms. The highest BCUT2D eigenvalue weighted by molar-refractivity contribution is 5.81. The van der Waals surface area contributed by atoms with Crippen LogP contribution in [0.25, 0.3) is 11.1 Å². The Kier molecular flexibility index (Phi) is 5.01. The fraction of sp³-hybridized carbons (Fsp3) is 0.350. The van der Waals surface area contributed by atoms with E-state index in [4.69, 9.17) is 8.83 Å². The summed E-state index contributed by atoms with van der Waals surface area (Å²) in [5.74, 6) is -0.138. The first kappa shape index (κ1) is 18.1. The van der Waals surface area contributed by atoms with Gasteiger partial charge in [-0.1, -0.05) is 12.1 Å². The minimum atomic E-state index is -0.540. The SMILES string of the molecule is O=C(NCc1ccco1)C1CCN(C(=O)Cn2c(=O)oc3ccccc32)CC1. The lowest BCUT2D eigenvalue weighted by molar-refractivity contribution is -0.136. The molecule has 1 fully saturated rings. The number of aromatic nitrogens is 1. The van der Waals surface area contributed by atoms with Gasteiger partial charge in [-0.05, 0) is 37.1 Å². The zero-order chi connectivity index (χ0) is 19.5. The lowest BCUT2D eigenvalue weighted by Gasteiger charge is -2.31. The van der Waals surface area contributed by atoms with E-state index in [9.17, 15) is 14.4 Å². The Balaban J connectivity index is 1.32. The number of amides is 2. The first-order chi connectivity index (χ1) is 13.6. The number of rotatable bonds is 5. The fourth-order valence-corrected chi connectivity index (χ4v) is 3.52. The number of hydrogen-bond acceptors (Lipinski definition) is 5. The monoisotopic (exact) mass is 383 g/mol. The van der Waals surface area contributed by atoms with Crippen molar-refractivity contribution in [3.05, 3.63) is 59.0 Å². The minimum absolute atomic E-state index is 0.0273.